The van der Waals surface area contributed by atoms with Crippen LogP contribution in [0.5, 0.6) is 0 Å². The van der Waals surface area contributed by atoms with Crippen molar-refractivity contribution in [2.45, 2.75) is 45.3 Å². The topological polar surface area (TPSA) is 33.3 Å². The summed E-state index contributed by atoms with van der Waals surface area (Å²) in [5.74, 6) is 0.984. The van der Waals surface area contributed by atoms with E-state index < -0.39 is 0 Å². The van der Waals surface area contributed by atoms with Crippen LogP contribution >= 0.6 is 0 Å². The molecule has 3 heteroatoms. The summed E-state index contributed by atoms with van der Waals surface area (Å²) in [6, 6.07) is 0.625. The van der Waals surface area contributed by atoms with Gasteiger partial charge in [0.1, 0.15) is 0 Å². The van der Waals surface area contributed by atoms with E-state index in [1.165, 1.54) is 19.4 Å². The minimum Gasteiger partial charge on any atom is -0.381 e. The number of hydrogen-bond donors (Lipinski definition) is 2. The summed E-state index contributed by atoms with van der Waals surface area (Å²) in [7, 11) is 1.82. The van der Waals surface area contributed by atoms with Crippen molar-refractivity contribution in [1.29, 1.82) is 0 Å². The summed E-state index contributed by atoms with van der Waals surface area (Å²) in [5.41, 5.74) is 0.297. The molecule has 2 fully saturated rings. The lowest BCUT2D eigenvalue weighted by Gasteiger charge is -2.51. The van der Waals surface area contributed by atoms with E-state index in [1.807, 2.05) is 7.11 Å². The fourth-order valence-corrected chi connectivity index (χ4v) is 2.59. The Morgan fingerprint density at radius 2 is 2.00 bits per heavy atom. The Hall–Kier alpha value is -0.120. The van der Waals surface area contributed by atoms with Crippen LogP contribution in [0.1, 0.15) is 33.1 Å². The van der Waals surface area contributed by atoms with Crippen LogP contribution in [0.4, 0.5) is 0 Å². The molecular formula is C13H26N2O. The van der Waals surface area contributed by atoms with E-state index >= 15 is 0 Å². The highest BCUT2D eigenvalue weighted by Gasteiger charge is 2.47. The fraction of sp³-hybridized carbons (Fsp3) is 1.00. The summed E-state index contributed by atoms with van der Waals surface area (Å²) >= 11 is 0. The average Bonchev–Trinajstić information content (AvgIpc) is 3.05. The molecule has 2 atom stereocenters. The maximum absolute atomic E-state index is 5.44. The Labute approximate surface area is 99.3 Å². The molecular weight excluding hydrogens is 200 g/mol. The highest BCUT2D eigenvalue weighted by molar-refractivity contribution is 5.02. The first-order valence-corrected chi connectivity index (χ1v) is 6.61. The Kier molecular flexibility index (Phi) is 3.88. The molecule has 2 unspecified atom stereocenters. The van der Waals surface area contributed by atoms with E-state index in [2.05, 4.69) is 24.5 Å². The standard InChI is InChI=1S/C13H26N2O/c1-13(2)11(8-12(13)16-3)15-7-6-14-9-10-4-5-10/h10-12,14-15H,4-9H2,1-3H3. The molecule has 2 rings (SSSR count). The van der Waals surface area contributed by atoms with Gasteiger partial charge in [-0.25, -0.2) is 0 Å². The molecule has 0 saturated heterocycles. The molecule has 0 aromatic heterocycles. The summed E-state index contributed by atoms with van der Waals surface area (Å²) in [6.07, 6.45) is 4.47. The highest BCUT2D eigenvalue weighted by Crippen LogP contribution is 2.42. The summed E-state index contributed by atoms with van der Waals surface area (Å²) in [5, 5.41) is 7.13. The number of rotatable bonds is 7. The van der Waals surface area contributed by atoms with Crippen molar-refractivity contribution >= 4 is 0 Å². The quantitative estimate of drug-likeness (QED) is 0.644. The van der Waals surface area contributed by atoms with E-state index in [0.29, 0.717) is 17.6 Å². The molecule has 2 aliphatic carbocycles. The number of nitrogens with one attached hydrogen (secondary N) is 2. The molecule has 0 radical (unpaired) electrons. The van der Waals surface area contributed by atoms with Gasteiger partial charge in [0.15, 0.2) is 0 Å². The Morgan fingerprint density at radius 3 is 2.56 bits per heavy atom. The van der Waals surface area contributed by atoms with Crippen LogP contribution in [0.15, 0.2) is 0 Å². The van der Waals surface area contributed by atoms with Crippen molar-refractivity contribution in [1.82, 2.24) is 10.6 Å². The second kappa shape index (κ2) is 5.03. The minimum absolute atomic E-state index is 0.297. The molecule has 2 aliphatic rings. The number of methoxy groups -OCH3 is 1. The van der Waals surface area contributed by atoms with Crippen molar-refractivity contribution in [2.24, 2.45) is 11.3 Å². The van der Waals surface area contributed by atoms with Gasteiger partial charge in [-0.1, -0.05) is 13.8 Å². The van der Waals surface area contributed by atoms with E-state index in [-0.39, 0.29) is 0 Å². The predicted octanol–water partition coefficient (Wildman–Crippen LogP) is 1.39. The lowest BCUT2D eigenvalue weighted by atomic mass is 9.64. The van der Waals surface area contributed by atoms with Gasteiger partial charge in [-0.2, -0.15) is 0 Å². The van der Waals surface area contributed by atoms with Crippen molar-refractivity contribution in [3.63, 3.8) is 0 Å². The summed E-state index contributed by atoms with van der Waals surface area (Å²) in [4.78, 5) is 0. The Morgan fingerprint density at radius 1 is 1.25 bits per heavy atom. The number of ether oxygens (including phenoxy) is 1. The molecule has 2 saturated carbocycles. The lowest BCUT2D eigenvalue weighted by Crippen LogP contribution is -2.61. The van der Waals surface area contributed by atoms with Gasteiger partial charge in [0.05, 0.1) is 6.10 Å². The van der Waals surface area contributed by atoms with Crippen LogP contribution in [0, 0.1) is 11.3 Å². The average molecular weight is 226 g/mol. The zero-order valence-electron chi connectivity index (χ0n) is 10.9. The van der Waals surface area contributed by atoms with Gasteiger partial charge in [0.25, 0.3) is 0 Å². The highest BCUT2D eigenvalue weighted by atomic mass is 16.5. The summed E-state index contributed by atoms with van der Waals surface area (Å²) < 4.78 is 5.44. The van der Waals surface area contributed by atoms with Crippen LogP contribution in [0.3, 0.4) is 0 Å². The second-order valence-electron chi connectivity index (χ2n) is 5.94. The van der Waals surface area contributed by atoms with Crippen LogP contribution in [-0.2, 0) is 4.74 Å². The fourth-order valence-electron chi connectivity index (χ4n) is 2.59. The van der Waals surface area contributed by atoms with E-state index in [4.69, 9.17) is 4.74 Å². The molecule has 0 aromatic carbocycles. The van der Waals surface area contributed by atoms with E-state index in [0.717, 1.165) is 25.4 Å². The van der Waals surface area contributed by atoms with Gasteiger partial charge in [0.2, 0.25) is 0 Å². The largest absolute Gasteiger partial charge is 0.381 e. The van der Waals surface area contributed by atoms with Gasteiger partial charge >= 0.3 is 0 Å². The Balaban J connectivity index is 1.53. The molecule has 0 aromatic rings. The zero-order valence-corrected chi connectivity index (χ0v) is 10.9. The zero-order chi connectivity index (χ0) is 11.6. The first kappa shape index (κ1) is 12.3. The smallest absolute Gasteiger partial charge is 0.0652 e. The van der Waals surface area contributed by atoms with Crippen LogP contribution < -0.4 is 10.6 Å². The molecule has 0 heterocycles. The van der Waals surface area contributed by atoms with Gasteiger partial charge in [-0.05, 0) is 31.7 Å². The predicted molar refractivity (Wildman–Crippen MR) is 66.6 cm³/mol. The lowest BCUT2D eigenvalue weighted by molar-refractivity contribution is -0.0971. The molecule has 0 spiro atoms. The molecule has 94 valence electrons. The summed E-state index contributed by atoms with van der Waals surface area (Å²) in [6.45, 7) is 7.98. The van der Waals surface area contributed by atoms with Crippen molar-refractivity contribution in [3.05, 3.63) is 0 Å². The molecule has 0 amide bonds. The first-order valence-electron chi connectivity index (χ1n) is 6.61. The molecule has 0 aliphatic heterocycles. The normalized spacial score (nSPS) is 32.4. The van der Waals surface area contributed by atoms with Crippen molar-refractivity contribution in [2.75, 3.05) is 26.7 Å². The molecule has 3 nitrogen and oxygen atoms in total. The van der Waals surface area contributed by atoms with Crippen molar-refractivity contribution in [3.8, 4) is 0 Å². The first-order chi connectivity index (χ1) is 7.64. The molecule has 0 bridgehead atoms. The second-order valence-corrected chi connectivity index (χ2v) is 5.94. The van der Waals surface area contributed by atoms with Crippen LogP contribution in [0.25, 0.3) is 0 Å². The maximum Gasteiger partial charge on any atom is 0.0652 e. The monoisotopic (exact) mass is 226 g/mol. The van der Waals surface area contributed by atoms with Crippen LogP contribution in [-0.4, -0.2) is 38.9 Å². The maximum atomic E-state index is 5.44. The minimum atomic E-state index is 0.297. The molecule has 16 heavy (non-hydrogen) atoms. The third kappa shape index (κ3) is 2.76. The SMILES string of the molecule is COC1CC(NCCNCC2CC2)C1(C)C. The van der Waals surface area contributed by atoms with Crippen LogP contribution in [0.2, 0.25) is 0 Å². The van der Waals surface area contributed by atoms with E-state index in [1.54, 1.807) is 0 Å². The van der Waals surface area contributed by atoms with Gasteiger partial charge in [-0.3, -0.25) is 0 Å². The third-order valence-corrected chi connectivity index (χ3v) is 4.28. The molecule has 2 N–H and O–H groups in total. The van der Waals surface area contributed by atoms with Gasteiger partial charge in [0, 0.05) is 31.7 Å². The Bertz CT molecular complexity index is 226. The number of hydrogen-bond acceptors (Lipinski definition) is 3. The third-order valence-electron chi connectivity index (χ3n) is 4.28. The van der Waals surface area contributed by atoms with Gasteiger partial charge in [-0.15, -0.1) is 0 Å². The van der Waals surface area contributed by atoms with Crippen molar-refractivity contribution < 1.29 is 4.74 Å². The van der Waals surface area contributed by atoms with E-state index in [9.17, 15) is 0 Å². The van der Waals surface area contributed by atoms with Gasteiger partial charge < -0.3 is 15.4 Å².